The molecule has 2 aromatic rings. The van der Waals surface area contributed by atoms with Crippen LogP contribution in [0.4, 0.5) is 5.82 Å². The molecule has 2 saturated heterocycles. The average molecular weight is 397 g/mol. The summed E-state index contributed by atoms with van der Waals surface area (Å²) >= 11 is 0. The minimum Gasteiger partial charge on any atom is -0.474 e. The number of carbonyl (C=O) groups is 1. The quantitative estimate of drug-likeness (QED) is 0.717. The van der Waals surface area contributed by atoms with Crippen LogP contribution in [0, 0.1) is 0 Å². The Morgan fingerprint density at radius 3 is 2.59 bits per heavy atom. The predicted octanol–water partition coefficient (Wildman–Crippen LogP) is 3.21. The lowest BCUT2D eigenvalue weighted by Gasteiger charge is -2.33. The third kappa shape index (κ3) is 4.67. The summed E-state index contributed by atoms with van der Waals surface area (Å²) in [6.07, 6.45) is 7.38. The Labute approximate surface area is 171 Å². The van der Waals surface area contributed by atoms with Gasteiger partial charge in [-0.2, -0.15) is 0 Å². The number of piperidine rings is 1. The SMILES string of the molecule is COC(=O)c1ccc(N2CCC(Oc3ncccc3C3CCOCC3)CC2)nc1. The van der Waals surface area contributed by atoms with Gasteiger partial charge in [0.15, 0.2) is 0 Å². The normalized spacial score (nSPS) is 18.4. The number of aromatic nitrogens is 2. The van der Waals surface area contributed by atoms with E-state index in [1.807, 2.05) is 12.1 Å². The summed E-state index contributed by atoms with van der Waals surface area (Å²) in [5.41, 5.74) is 1.67. The molecule has 0 saturated carbocycles. The van der Waals surface area contributed by atoms with Gasteiger partial charge >= 0.3 is 5.97 Å². The van der Waals surface area contributed by atoms with E-state index < -0.39 is 0 Å². The second-order valence-electron chi connectivity index (χ2n) is 7.49. The second kappa shape index (κ2) is 9.22. The summed E-state index contributed by atoms with van der Waals surface area (Å²) in [7, 11) is 1.37. The minimum atomic E-state index is -0.369. The zero-order chi connectivity index (χ0) is 20.1. The minimum absolute atomic E-state index is 0.147. The number of carbonyl (C=O) groups excluding carboxylic acids is 1. The van der Waals surface area contributed by atoms with Gasteiger partial charge in [0.25, 0.3) is 0 Å². The molecule has 2 fully saturated rings. The molecule has 0 spiro atoms. The second-order valence-corrected chi connectivity index (χ2v) is 7.49. The molecule has 0 bridgehead atoms. The van der Waals surface area contributed by atoms with E-state index in [-0.39, 0.29) is 12.1 Å². The molecule has 2 aliphatic heterocycles. The Bertz CT molecular complexity index is 813. The van der Waals surface area contributed by atoms with E-state index in [0.717, 1.165) is 63.7 Å². The highest BCUT2D eigenvalue weighted by Gasteiger charge is 2.25. The summed E-state index contributed by atoms with van der Waals surface area (Å²) in [4.78, 5) is 22.7. The maximum atomic E-state index is 11.6. The fourth-order valence-electron chi connectivity index (χ4n) is 3.99. The summed E-state index contributed by atoms with van der Waals surface area (Å²) in [5, 5.41) is 0. The smallest absolute Gasteiger partial charge is 0.339 e. The lowest BCUT2D eigenvalue weighted by Crippen LogP contribution is -2.39. The standard InChI is InChI=1S/C22H27N3O4/c1-27-22(26)17-4-5-20(24-15-17)25-11-6-18(7-12-25)29-21-19(3-2-10-23-21)16-8-13-28-14-9-16/h2-5,10,15-16,18H,6-9,11-14H2,1H3. The zero-order valence-corrected chi connectivity index (χ0v) is 16.8. The number of hydrogen-bond donors (Lipinski definition) is 0. The number of methoxy groups -OCH3 is 1. The van der Waals surface area contributed by atoms with E-state index in [1.165, 1.54) is 12.7 Å². The summed E-state index contributed by atoms with van der Waals surface area (Å²) in [5.74, 6) is 1.74. The van der Waals surface area contributed by atoms with Crippen molar-refractivity contribution in [2.24, 2.45) is 0 Å². The van der Waals surface area contributed by atoms with Crippen molar-refractivity contribution in [3.8, 4) is 5.88 Å². The van der Waals surface area contributed by atoms with E-state index in [1.54, 1.807) is 18.5 Å². The Morgan fingerprint density at radius 1 is 1.10 bits per heavy atom. The first-order valence-corrected chi connectivity index (χ1v) is 10.2. The van der Waals surface area contributed by atoms with Crippen LogP contribution in [0.15, 0.2) is 36.7 Å². The molecular weight excluding hydrogens is 370 g/mol. The number of nitrogens with zero attached hydrogens (tertiary/aromatic N) is 3. The van der Waals surface area contributed by atoms with Crippen LogP contribution >= 0.6 is 0 Å². The summed E-state index contributed by atoms with van der Waals surface area (Å²) in [6.45, 7) is 3.32. The van der Waals surface area contributed by atoms with E-state index in [9.17, 15) is 4.79 Å². The predicted molar refractivity (Wildman–Crippen MR) is 108 cm³/mol. The van der Waals surface area contributed by atoms with Crippen LogP contribution in [0.2, 0.25) is 0 Å². The van der Waals surface area contributed by atoms with Crippen molar-refractivity contribution in [3.05, 3.63) is 47.8 Å². The van der Waals surface area contributed by atoms with Crippen LogP contribution in [-0.4, -0.2) is 55.5 Å². The lowest BCUT2D eigenvalue weighted by molar-refractivity contribution is 0.0600. The topological polar surface area (TPSA) is 73.8 Å². The van der Waals surface area contributed by atoms with Gasteiger partial charge in [0.2, 0.25) is 5.88 Å². The third-order valence-corrected chi connectivity index (χ3v) is 5.67. The van der Waals surface area contributed by atoms with Crippen molar-refractivity contribution < 1.29 is 19.0 Å². The highest BCUT2D eigenvalue weighted by molar-refractivity contribution is 5.89. The molecular formula is C22H27N3O4. The highest BCUT2D eigenvalue weighted by Crippen LogP contribution is 2.33. The van der Waals surface area contributed by atoms with E-state index in [0.29, 0.717) is 11.5 Å². The molecule has 0 radical (unpaired) electrons. The van der Waals surface area contributed by atoms with Crippen molar-refractivity contribution in [2.45, 2.75) is 37.7 Å². The van der Waals surface area contributed by atoms with E-state index in [4.69, 9.17) is 14.2 Å². The fourth-order valence-corrected chi connectivity index (χ4v) is 3.99. The van der Waals surface area contributed by atoms with Gasteiger partial charge in [-0.15, -0.1) is 0 Å². The number of hydrogen-bond acceptors (Lipinski definition) is 7. The molecule has 0 aromatic carbocycles. The van der Waals surface area contributed by atoms with Crippen molar-refractivity contribution in [2.75, 3.05) is 38.3 Å². The number of pyridine rings is 2. The van der Waals surface area contributed by atoms with Gasteiger partial charge < -0.3 is 19.1 Å². The molecule has 29 heavy (non-hydrogen) atoms. The van der Waals surface area contributed by atoms with Gasteiger partial charge in [-0.25, -0.2) is 14.8 Å². The van der Waals surface area contributed by atoms with Crippen LogP contribution in [-0.2, 0) is 9.47 Å². The lowest BCUT2D eigenvalue weighted by atomic mass is 9.92. The maximum Gasteiger partial charge on any atom is 0.339 e. The van der Waals surface area contributed by atoms with E-state index >= 15 is 0 Å². The Balaban J connectivity index is 1.35. The van der Waals surface area contributed by atoms with Crippen molar-refractivity contribution >= 4 is 11.8 Å². The summed E-state index contributed by atoms with van der Waals surface area (Å²) in [6, 6.07) is 7.75. The number of ether oxygens (including phenoxy) is 3. The van der Waals surface area contributed by atoms with Gasteiger partial charge in [0.05, 0.1) is 12.7 Å². The molecule has 0 aliphatic carbocycles. The number of anilines is 1. The molecule has 7 nitrogen and oxygen atoms in total. The molecule has 0 N–H and O–H groups in total. The van der Waals surface area contributed by atoms with Gasteiger partial charge in [-0.05, 0) is 37.0 Å². The third-order valence-electron chi connectivity index (χ3n) is 5.67. The van der Waals surface area contributed by atoms with Gasteiger partial charge in [-0.1, -0.05) is 6.07 Å². The van der Waals surface area contributed by atoms with Gasteiger partial charge in [-0.3, -0.25) is 0 Å². The van der Waals surface area contributed by atoms with Gasteiger partial charge in [0, 0.05) is 57.1 Å². The van der Waals surface area contributed by atoms with Crippen molar-refractivity contribution in [3.63, 3.8) is 0 Å². The van der Waals surface area contributed by atoms with E-state index in [2.05, 4.69) is 20.9 Å². The first-order valence-electron chi connectivity index (χ1n) is 10.2. The molecule has 0 amide bonds. The molecule has 4 rings (SSSR count). The Kier molecular flexibility index (Phi) is 6.24. The fraction of sp³-hybridized carbons (Fsp3) is 0.500. The molecule has 154 valence electrons. The molecule has 0 atom stereocenters. The molecule has 2 aliphatic rings. The highest BCUT2D eigenvalue weighted by atomic mass is 16.5. The number of rotatable bonds is 5. The van der Waals surface area contributed by atoms with Crippen LogP contribution in [0.1, 0.15) is 47.5 Å². The maximum absolute atomic E-state index is 11.6. The van der Waals surface area contributed by atoms with Crippen molar-refractivity contribution in [1.82, 2.24) is 9.97 Å². The zero-order valence-electron chi connectivity index (χ0n) is 16.8. The molecule has 4 heterocycles. The first-order chi connectivity index (χ1) is 14.2. The molecule has 2 aromatic heterocycles. The Morgan fingerprint density at radius 2 is 1.90 bits per heavy atom. The summed E-state index contributed by atoms with van der Waals surface area (Å²) < 4.78 is 16.5. The largest absolute Gasteiger partial charge is 0.474 e. The van der Waals surface area contributed by atoms with Crippen LogP contribution < -0.4 is 9.64 Å². The van der Waals surface area contributed by atoms with Crippen LogP contribution in [0.3, 0.4) is 0 Å². The average Bonchev–Trinajstić information content (AvgIpc) is 2.80. The van der Waals surface area contributed by atoms with Crippen molar-refractivity contribution in [1.29, 1.82) is 0 Å². The molecule has 7 heteroatoms. The molecule has 0 unspecified atom stereocenters. The first kappa shape index (κ1) is 19.6. The van der Waals surface area contributed by atoms with Crippen LogP contribution in [0.5, 0.6) is 5.88 Å². The van der Waals surface area contributed by atoms with Crippen LogP contribution in [0.25, 0.3) is 0 Å². The Hall–Kier alpha value is -2.67. The monoisotopic (exact) mass is 397 g/mol. The number of esters is 1. The van der Waals surface area contributed by atoms with Gasteiger partial charge in [0.1, 0.15) is 11.9 Å².